The van der Waals surface area contributed by atoms with Crippen molar-refractivity contribution in [3.8, 4) is 0 Å². The van der Waals surface area contributed by atoms with Gasteiger partial charge >= 0.3 is 0 Å². The molecule has 1 N–H and O–H groups in total. The average molecular weight is 330 g/mol. The first kappa shape index (κ1) is 20.1. The number of allylic oxidation sites excluding steroid dienone is 8. The molecule has 1 unspecified atom stereocenters. The molecular weight excluding hydrogens is 300 g/mol. The van der Waals surface area contributed by atoms with Gasteiger partial charge in [0.1, 0.15) is 5.76 Å². The average Bonchev–Trinajstić information content (AvgIpc) is 2.44. The van der Waals surface area contributed by atoms with Crippen LogP contribution in [0.5, 0.6) is 0 Å². The van der Waals surface area contributed by atoms with Crippen LogP contribution >= 0.6 is 0 Å². The van der Waals surface area contributed by atoms with Crippen LogP contribution in [-0.2, 0) is 9.59 Å². The third kappa shape index (κ3) is 5.05. The van der Waals surface area contributed by atoms with Gasteiger partial charge in [-0.15, -0.1) is 0 Å². The Morgan fingerprint density at radius 3 is 2.12 bits per heavy atom. The van der Waals surface area contributed by atoms with Crippen molar-refractivity contribution in [1.29, 1.82) is 0 Å². The quantitative estimate of drug-likeness (QED) is 0.524. The first-order chi connectivity index (χ1) is 11.1. The number of hydrogen-bond donors (Lipinski definition) is 1. The van der Waals surface area contributed by atoms with Gasteiger partial charge in [-0.2, -0.15) is 0 Å². The number of carbonyl (C=O) groups is 2. The monoisotopic (exact) mass is 330 g/mol. The van der Waals surface area contributed by atoms with E-state index in [0.29, 0.717) is 12.8 Å². The summed E-state index contributed by atoms with van der Waals surface area (Å²) in [7, 11) is 0. The molecule has 3 heteroatoms. The van der Waals surface area contributed by atoms with Crippen molar-refractivity contribution in [3.63, 3.8) is 0 Å². The molecule has 0 bridgehead atoms. The van der Waals surface area contributed by atoms with E-state index < -0.39 is 5.41 Å². The van der Waals surface area contributed by atoms with Crippen molar-refractivity contribution in [3.05, 3.63) is 46.3 Å². The maximum absolute atomic E-state index is 12.8. The molecule has 0 saturated carbocycles. The zero-order valence-electron chi connectivity index (χ0n) is 15.8. The van der Waals surface area contributed by atoms with E-state index in [0.717, 1.165) is 23.1 Å². The van der Waals surface area contributed by atoms with Gasteiger partial charge in [0.15, 0.2) is 11.6 Å². The summed E-state index contributed by atoms with van der Waals surface area (Å²) in [4.78, 5) is 24.4. The van der Waals surface area contributed by atoms with Crippen molar-refractivity contribution >= 4 is 11.6 Å². The maximum atomic E-state index is 12.8. The Hall–Kier alpha value is -1.90. The lowest BCUT2D eigenvalue weighted by molar-refractivity contribution is -0.133. The van der Waals surface area contributed by atoms with Crippen molar-refractivity contribution in [2.24, 2.45) is 5.41 Å². The van der Waals surface area contributed by atoms with Crippen LogP contribution in [0.15, 0.2) is 46.3 Å². The standard InChI is InChI=1S/C21H30O3/c1-14(2)7-8-17(16(5)6)13-21(10-9-15(3)4)19(23)11-18(22)12-20(21)24/h7,9,11,23H,8,10,12-13H2,1-6H3. The van der Waals surface area contributed by atoms with Crippen molar-refractivity contribution in [2.45, 2.75) is 67.2 Å². The topological polar surface area (TPSA) is 54.4 Å². The molecule has 24 heavy (non-hydrogen) atoms. The van der Waals surface area contributed by atoms with E-state index in [1.54, 1.807) is 0 Å². The molecule has 0 aliphatic heterocycles. The van der Waals surface area contributed by atoms with E-state index >= 15 is 0 Å². The van der Waals surface area contributed by atoms with Gasteiger partial charge in [-0.05, 0) is 60.8 Å². The van der Waals surface area contributed by atoms with Crippen molar-refractivity contribution < 1.29 is 14.7 Å². The Bertz CT molecular complexity index is 632. The van der Waals surface area contributed by atoms with Crippen LogP contribution in [0.4, 0.5) is 0 Å². The summed E-state index contributed by atoms with van der Waals surface area (Å²) in [6, 6.07) is 0. The lowest BCUT2D eigenvalue weighted by Gasteiger charge is -2.34. The molecule has 0 saturated heterocycles. The van der Waals surface area contributed by atoms with Gasteiger partial charge in [-0.3, -0.25) is 9.59 Å². The van der Waals surface area contributed by atoms with E-state index in [2.05, 4.69) is 6.08 Å². The van der Waals surface area contributed by atoms with Gasteiger partial charge in [-0.1, -0.05) is 34.4 Å². The summed E-state index contributed by atoms with van der Waals surface area (Å²) in [5.74, 6) is -0.577. The predicted octanol–water partition coefficient (Wildman–Crippen LogP) is 5.40. The summed E-state index contributed by atoms with van der Waals surface area (Å²) in [5.41, 5.74) is 3.60. The summed E-state index contributed by atoms with van der Waals surface area (Å²) in [6.45, 7) is 12.1. The van der Waals surface area contributed by atoms with Gasteiger partial charge in [0.25, 0.3) is 0 Å². The van der Waals surface area contributed by atoms with Gasteiger partial charge < -0.3 is 5.11 Å². The van der Waals surface area contributed by atoms with Crippen LogP contribution in [-0.4, -0.2) is 16.7 Å². The SMILES string of the molecule is CC(C)=CCC(CC1(CC=C(C)C)C(=O)CC(=O)C=C1O)=C(C)C. The Balaban J connectivity index is 3.33. The first-order valence-electron chi connectivity index (χ1n) is 8.47. The Kier molecular flexibility index (Phi) is 6.94. The molecule has 0 radical (unpaired) electrons. The molecule has 1 rings (SSSR count). The van der Waals surface area contributed by atoms with Crippen LogP contribution in [0.25, 0.3) is 0 Å². The van der Waals surface area contributed by atoms with Crippen LogP contribution in [0.1, 0.15) is 67.2 Å². The van der Waals surface area contributed by atoms with E-state index in [-0.39, 0.29) is 23.7 Å². The lowest BCUT2D eigenvalue weighted by atomic mass is 9.68. The molecule has 0 spiro atoms. The highest BCUT2D eigenvalue weighted by Crippen LogP contribution is 2.43. The van der Waals surface area contributed by atoms with Gasteiger partial charge in [-0.25, -0.2) is 0 Å². The molecule has 1 atom stereocenters. The Morgan fingerprint density at radius 1 is 1.08 bits per heavy atom. The fourth-order valence-electron chi connectivity index (χ4n) is 2.81. The number of rotatable bonds is 6. The number of hydrogen-bond acceptors (Lipinski definition) is 3. The van der Waals surface area contributed by atoms with E-state index in [1.165, 1.54) is 11.6 Å². The Labute approximate surface area is 145 Å². The van der Waals surface area contributed by atoms with Crippen LogP contribution in [0.3, 0.4) is 0 Å². The summed E-state index contributed by atoms with van der Waals surface area (Å²) < 4.78 is 0. The summed E-state index contributed by atoms with van der Waals surface area (Å²) >= 11 is 0. The molecule has 1 aliphatic carbocycles. The molecule has 0 heterocycles. The molecular formula is C21H30O3. The van der Waals surface area contributed by atoms with E-state index in [1.807, 2.05) is 47.6 Å². The summed E-state index contributed by atoms with van der Waals surface area (Å²) in [6.07, 6.45) is 6.86. The largest absolute Gasteiger partial charge is 0.511 e. The number of aliphatic hydroxyl groups is 1. The molecule has 0 fully saturated rings. The highest BCUT2D eigenvalue weighted by molar-refractivity contribution is 6.11. The van der Waals surface area contributed by atoms with Gasteiger partial charge in [0.05, 0.1) is 11.8 Å². The molecule has 3 nitrogen and oxygen atoms in total. The predicted molar refractivity (Wildman–Crippen MR) is 98.9 cm³/mol. The highest BCUT2D eigenvalue weighted by Gasteiger charge is 2.45. The van der Waals surface area contributed by atoms with Crippen LogP contribution in [0, 0.1) is 5.41 Å². The zero-order chi connectivity index (χ0) is 18.5. The van der Waals surface area contributed by atoms with Crippen molar-refractivity contribution in [1.82, 2.24) is 0 Å². The second-order valence-corrected chi connectivity index (χ2v) is 7.43. The molecule has 0 aromatic rings. The minimum absolute atomic E-state index is 0.0859. The third-order valence-corrected chi connectivity index (χ3v) is 4.49. The van der Waals surface area contributed by atoms with E-state index in [9.17, 15) is 14.7 Å². The molecule has 0 aromatic heterocycles. The van der Waals surface area contributed by atoms with Gasteiger partial charge in [0, 0.05) is 6.08 Å². The van der Waals surface area contributed by atoms with Crippen LogP contribution in [0.2, 0.25) is 0 Å². The van der Waals surface area contributed by atoms with Crippen molar-refractivity contribution in [2.75, 3.05) is 0 Å². The Morgan fingerprint density at radius 2 is 1.67 bits per heavy atom. The zero-order valence-corrected chi connectivity index (χ0v) is 15.8. The summed E-state index contributed by atoms with van der Waals surface area (Å²) in [5, 5.41) is 10.5. The van der Waals surface area contributed by atoms with E-state index in [4.69, 9.17) is 0 Å². The fraction of sp³-hybridized carbons (Fsp3) is 0.524. The molecule has 1 aliphatic rings. The minimum Gasteiger partial charge on any atom is -0.511 e. The van der Waals surface area contributed by atoms with Gasteiger partial charge in [0.2, 0.25) is 0 Å². The number of Topliss-reactive ketones (excluding diaryl/α,β-unsaturated/α-hetero) is 1. The number of carbonyl (C=O) groups excluding carboxylic acids is 2. The number of ketones is 2. The van der Waals surface area contributed by atoms with Crippen LogP contribution < -0.4 is 0 Å². The fourth-order valence-corrected chi connectivity index (χ4v) is 2.81. The maximum Gasteiger partial charge on any atom is 0.166 e. The number of aliphatic hydroxyl groups excluding tert-OH is 1. The first-order valence-corrected chi connectivity index (χ1v) is 8.47. The highest BCUT2D eigenvalue weighted by atomic mass is 16.3. The minimum atomic E-state index is -1.01. The smallest absolute Gasteiger partial charge is 0.166 e. The third-order valence-electron chi connectivity index (χ3n) is 4.49. The molecule has 0 amide bonds. The molecule has 0 aromatic carbocycles. The second-order valence-electron chi connectivity index (χ2n) is 7.43. The lowest BCUT2D eigenvalue weighted by Crippen LogP contribution is -2.38. The second kappa shape index (κ2) is 8.27. The normalized spacial score (nSPS) is 20.3. The molecule has 132 valence electrons.